The molecule has 150 valence electrons. The molecule has 0 bridgehead atoms. The van der Waals surface area contributed by atoms with Gasteiger partial charge in [-0.25, -0.2) is 14.6 Å². The summed E-state index contributed by atoms with van der Waals surface area (Å²) in [4.78, 5) is 33.2. The largest absolute Gasteiger partial charge is 0.477 e. The molecule has 1 fully saturated rings. The van der Waals surface area contributed by atoms with Crippen LogP contribution in [-0.2, 0) is 4.74 Å². The predicted molar refractivity (Wildman–Crippen MR) is 99.2 cm³/mol. The van der Waals surface area contributed by atoms with Gasteiger partial charge in [-0.3, -0.25) is 0 Å². The van der Waals surface area contributed by atoms with Crippen molar-refractivity contribution in [1.29, 1.82) is 0 Å². The molecule has 1 saturated heterocycles. The number of hydrogen-bond acceptors (Lipinski definition) is 7. The predicted octanol–water partition coefficient (Wildman–Crippen LogP) is 2.63. The summed E-state index contributed by atoms with van der Waals surface area (Å²) in [6.07, 6.45) is 2.66. The number of carbonyl (C=O) groups is 2. The number of carboxylic acid groups (broad SMARTS) is 1. The van der Waals surface area contributed by atoms with Gasteiger partial charge in [0, 0.05) is 19.6 Å². The average Bonchev–Trinajstić information content (AvgIpc) is 2.59. The van der Waals surface area contributed by atoms with Crippen LogP contribution in [0.25, 0.3) is 0 Å². The summed E-state index contributed by atoms with van der Waals surface area (Å²) in [5.41, 5.74) is -0.555. The van der Waals surface area contributed by atoms with Gasteiger partial charge in [-0.1, -0.05) is 0 Å². The van der Waals surface area contributed by atoms with Crippen LogP contribution in [0, 0.1) is 5.92 Å². The summed E-state index contributed by atoms with van der Waals surface area (Å²) < 4.78 is 10.7. The first-order valence-electron chi connectivity index (χ1n) is 9.14. The fourth-order valence-electron chi connectivity index (χ4n) is 2.73. The highest BCUT2D eigenvalue weighted by Crippen LogP contribution is 2.21. The van der Waals surface area contributed by atoms with Crippen molar-refractivity contribution >= 4 is 18.0 Å². The lowest BCUT2D eigenvalue weighted by atomic mass is 9.97. The molecule has 0 aliphatic carbocycles. The highest BCUT2D eigenvalue weighted by atomic mass is 16.6. The minimum atomic E-state index is -1.13. The van der Waals surface area contributed by atoms with Gasteiger partial charge in [-0.2, -0.15) is 4.98 Å². The lowest BCUT2D eigenvalue weighted by Crippen LogP contribution is -2.42. The van der Waals surface area contributed by atoms with E-state index < -0.39 is 11.6 Å². The summed E-state index contributed by atoms with van der Waals surface area (Å²) in [6, 6.07) is 0. The Morgan fingerprint density at radius 3 is 2.56 bits per heavy atom. The molecule has 27 heavy (non-hydrogen) atoms. The third-order valence-electron chi connectivity index (χ3n) is 4.08. The van der Waals surface area contributed by atoms with Crippen molar-refractivity contribution in [3.8, 4) is 5.88 Å². The van der Waals surface area contributed by atoms with Crippen molar-refractivity contribution in [2.75, 3.05) is 31.6 Å². The maximum Gasteiger partial charge on any atom is 0.410 e. The maximum atomic E-state index is 12.1. The molecule has 2 heterocycles. The summed E-state index contributed by atoms with van der Waals surface area (Å²) in [5, 5.41) is 12.3. The standard InChI is InChI=1S/C18H28N4O5/c1-5-26-14-13(15(23)24)11-20-16(21-14)19-10-12-6-8-22(9-7-12)17(25)27-18(2,3)4/h11-12H,5-10H2,1-4H3,(H,23,24)(H,19,20,21). The summed E-state index contributed by atoms with van der Waals surface area (Å²) in [7, 11) is 0. The molecule has 0 spiro atoms. The lowest BCUT2D eigenvalue weighted by molar-refractivity contribution is 0.0187. The first kappa shape index (κ1) is 20.7. The Bertz CT molecular complexity index is 666. The van der Waals surface area contributed by atoms with Gasteiger partial charge in [-0.05, 0) is 46.5 Å². The van der Waals surface area contributed by atoms with E-state index >= 15 is 0 Å². The average molecular weight is 380 g/mol. The van der Waals surface area contributed by atoms with Gasteiger partial charge in [-0.15, -0.1) is 0 Å². The zero-order valence-corrected chi connectivity index (χ0v) is 16.3. The van der Waals surface area contributed by atoms with Gasteiger partial charge in [0.05, 0.1) is 12.8 Å². The Kier molecular flexibility index (Phi) is 6.81. The summed E-state index contributed by atoms with van der Waals surface area (Å²) in [5.74, 6) is -0.373. The van der Waals surface area contributed by atoms with Crippen molar-refractivity contribution in [1.82, 2.24) is 14.9 Å². The first-order chi connectivity index (χ1) is 12.7. The van der Waals surface area contributed by atoms with Crippen molar-refractivity contribution < 1.29 is 24.2 Å². The number of aromatic nitrogens is 2. The Labute approximate surface area is 159 Å². The quantitative estimate of drug-likeness (QED) is 0.774. The third kappa shape index (κ3) is 6.26. The van der Waals surface area contributed by atoms with Gasteiger partial charge >= 0.3 is 12.1 Å². The maximum absolute atomic E-state index is 12.1. The van der Waals surface area contributed by atoms with Gasteiger partial charge in [0.2, 0.25) is 11.8 Å². The number of hydrogen-bond donors (Lipinski definition) is 2. The van der Waals surface area contributed by atoms with E-state index in [2.05, 4.69) is 15.3 Å². The molecule has 9 nitrogen and oxygen atoms in total. The number of carboxylic acids is 1. The van der Waals surface area contributed by atoms with Gasteiger partial charge in [0.25, 0.3) is 0 Å². The number of piperidine rings is 1. The number of ether oxygens (including phenoxy) is 2. The normalized spacial score (nSPS) is 15.3. The molecule has 9 heteroatoms. The number of amides is 1. The fraction of sp³-hybridized carbons (Fsp3) is 0.667. The smallest absolute Gasteiger partial charge is 0.410 e. The molecule has 1 aliphatic heterocycles. The topological polar surface area (TPSA) is 114 Å². The molecular weight excluding hydrogens is 352 g/mol. The Hall–Kier alpha value is -2.58. The molecule has 0 radical (unpaired) electrons. The van der Waals surface area contributed by atoms with E-state index in [1.165, 1.54) is 6.20 Å². The number of anilines is 1. The third-order valence-corrected chi connectivity index (χ3v) is 4.08. The van der Waals surface area contributed by atoms with Crippen LogP contribution in [0.4, 0.5) is 10.7 Å². The van der Waals surface area contributed by atoms with E-state index in [1.807, 2.05) is 20.8 Å². The number of aromatic carboxylic acids is 1. The van der Waals surface area contributed by atoms with E-state index in [9.17, 15) is 9.59 Å². The summed E-state index contributed by atoms with van der Waals surface area (Å²) in [6.45, 7) is 9.57. The minimum Gasteiger partial charge on any atom is -0.477 e. The highest BCUT2D eigenvalue weighted by molar-refractivity contribution is 5.89. The zero-order chi connectivity index (χ0) is 20.0. The van der Waals surface area contributed by atoms with Gasteiger partial charge in [0.15, 0.2) is 0 Å². The van der Waals surface area contributed by atoms with Crippen LogP contribution in [0.3, 0.4) is 0 Å². The number of carbonyl (C=O) groups excluding carboxylic acids is 1. The molecule has 2 rings (SSSR count). The van der Waals surface area contributed by atoms with Crippen LogP contribution in [0.5, 0.6) is 5.88 Å². The zero-order valence-electron chi connectivity index (χ0n) is 16.3. The molecule has 0 saturated carbocycles. The number of rotatable bonds is 6. The molecule has 1 aromatic rings. The number of nitrogens with one attached hydrogen (secondary N) is 1. The molecule has 1 aliphatic rings. The van der Waals surface area contributed by atoms with E-state index in [1.54, 1.807) is 11.8 Å². The molecule has 2 N–H and O–H groups in total. The van der Waals surface area contributed by atoms with Crippen molar-refractivity contribution in [3.63, 3.8) is 0 Å². The first-order valence-corrected chi connectivity index (χ1v) is 9.14. The van der Waals surface area contributed by atoms with Crippen molar-refractivity contribution in [2.24, 2.45) is 5.92 Å². The van der Waals surface area contributed by atoms with Crippen molar-refractivity contribution in [2.45, 2.75) is 46.1 Å². The van der Waals surface area contributed by atoms with E-state index in [0.29, 0.717) is 38.1 Å². The second-order valence-electron chi connectivity index (χ2n) is 7.44. The molecule has 0 atom stereocenters. The Balaban J connectivity index is 1.85. The lowest BCUT2D eigenvalue weighted by Gasteiger charge is -2.33. The molecular formula is C18H28N4O5. The SMILES string of the molecule is CCOc1nc(NCC2CCN(C(=O)OC(C)(C)C)CC2)ncc1C(=O)O. The van der Waals surface area contributed by atoms with E-state index in [0.717, 1.165) is 12.8 Å². The van der Waals surface area contributed by atoms with Crippen LogP contribution in [0.2, 0.25) is 0 Å². The van der Waals surface area contributed by atoms with E-state index in [-0.39, 0.29) is 17.5 Å². The van der Waals surface area contributed by atoms with Crippen LogP contribution >= 0.6 is 0 Å². The second kappa shape index (κ2) is 8.88. The van der Waals surface area contributed by atoms with Crippen LogP contribution in [0.15, 0.2) is 6.20 Å². The Morgan fingerprint density at radius 1 is 1.33 bits per heavy atom. The van der Waals surface area contributed by atoms with Crippen LogP contribution < -0.4 is 10.1 Å². The molecule has 0 unspecified atom stereocenters. The molecule has 0 aromatic carbocycles. The Morgan fingerprint density at radius 2 is 2.00 bits per heavy atom. The molecule has 1 aromatic heterocycles. The fourth-order valence-corrected chi connectivity index (χ4v) is 2.73. The van der Waals surface area contributed by atoms with E-state index in [4.69, 9.17) is 14.6 Å². The highest BCUT2D eigenvalue weighted by Gasteiger charge is 2.27. The molecule has 1 amide bonds. The number of nitrogens with zero attached hydrogens (tertiary/aromatic N) is 3. The minimum absolute atomic E-state index is 0.0576. The summed E-state index contributed by atoms with van der Waals surface area (Å²) >= 11 is 0. The second-order valence-corrected chi connectivity index (χ2v) is 7.44. The monoisotopic (exact) mass is 380 g/mol. The van der Waals surface area contributed by atoms with Crippen LogP contribution in [0.1, 0.15) is 50.9 Å². The van der Waals surface area contributed by atoms with Gasteiger partial charge in [0.1, 0.15) is 11.2 Å². The number of likely N-dealkylation sites (tertiary alicyclic amines) is 1. The van der Waals surface area contributed by atoms with Crippen LogP contribution in [-0.4, -0.2) is 63.9 Å². The van der Waals surface area contributed by atoms with Crippen molar-refractivity contribution in [3.05, 3.63) is 11.8 Å². The van der Waals surface area contributed by atoms with Gasteiger partial charge < -0.3 is 24.8 Å².